The summed E-state index contributed by atoms with van der Waals surface area (Å²) in [6.45, 7) is 2.91. The lowest BCUT2D eigenvalue weighted by molar-refractivity contribution is 0.142. The number of halogens is 1. The molecular weight excluding hydrogens is 294 g/mol. The van der Waals surface area contributed by atoms with Gasteiger partial charge in [-0.25, -0.2) is 0 Å². The smallest absolute Gasteiger partial charge is 0.125 e. The van der Waals surface area contributed by atoms with E-state index >= 15 is 0 Å². The molecule has 1 aromatic rings. The maximum atomic E-state index is 9.70. The minimum atomic E-state index is -0.0134. The Morgan fingerprint density at radius 1 is 1.44 bits per heavy atom. The third kappa shape index (κ3) is 2.17. The molecule has 0 amide bonds. The number of nitrogens with one attached hydrogen (secondary N) is 1. The van der Waals surface area contributed by atoms with E-state index in [9.17, 15) is 5.11 Å². The minimum absolute atomic E-state index is 0.0134. The minimum Gasteiger partial charge on any atom is -0.493 e. The van der Waals surface area contributed by atoms with Crippen molar-refractivity contribution < 1.29 is 9.84 Å². The van der Waals surface area contributed by atoms with E-state index in [0.29, 0.717) is 0 Å². The fourth-order valence-electron chi connectivity index (χ4n) is 3.02. The van der Waals surface area contributed by atoms with Crippen molar-refractivity contribution in [3.05, 3.63) is 27.7 Å². The lowest BCUT2D eigenvalue weighted by Crippen LogP contribution is -2.30. The third-order valence-corrected chi connectivity index (χ3v) is 4.52. The van der Waals surface area contributed by atoms with Crippen molar-refractivity contribution in [3.63, 3.8) is 0 Å². The van der Waals surface area contributed by atoms with Crippen LogP contribution in [0.4, 0.5) is 0 Å². The summed E-state index contributed by atoms with van der Waals surface area (Å²) in [6.07, 6.45) is 2.91. The van der Waals surface area contributed by atoms with E-state index < -0.39 is 0 Å². The van der Waals surface area contributed by atoms with Crippen molar-refractivity contribution in [2.45, 2.75) is 19.3 Å². The van der Waals surface area contributed by atoms with Crippen LogP contribution in [0.2, 0.25) is 0 Å². The molecule has 0 bridgehead atoms. The molecular formula is C14H18BrNO2. The fraction of sp³-hybridized carbons (Fsp3) is 0.571. The van der Waals surface area contributed by atoms with E-state index in [2.05, 4.69) is 33.4 Å². The summed E-state index contributed by atoms with van der Waals surface area (Å²) in [5, 5.41) is 13.1. The number of fused-ring (bicyclic) bond motifs is 1. The van der Waals surface area contributed by atoms with Gasteiger partial charge >= 0.3 is 0 Å². The maximum Gasteiger partial charge on any atom is 0.125 e. The van der Waals surface area contributed by atoms with Crippen LogP contribution in [0.1, 0.15) is 17.5 Å². The van der Waals surface area contributed by atoms with Gasteiger partial charge in [-0.2, -0.15) is 0 Å². The maximum absolute atomic E-state index is 9.70. The van der Waals surface area contributed by atoms with Crippen LogP contribution in [0.15, 0.2) is 16.6 Å². The molecule has 0 saturated carbocycles. The van der Waals surface area contributed by atoms with E-state index in [1.54, 1.807) is 0 Å². The Balaban J connectivity index is 1.92. The van der Waals surface area contributed by atoms with E-state index in [4.69, 9.17) is 4.74 Å². The molecule has 1 fully saturated rings. The zero-order chi connectivity index (χ0) is 12.6. The summed E-state index contributed by atoms with van der Waals surface area (Å²) >= 11 is 3.57. The lowest BCUT2D eigenvalue weighted by Gasteiger charge is -2.26. The SMILES string of the molecule is OCC1(Cc2cc(Br)cc3c2OCC3)CCNC1. The highest BCUT2D eigenvalue weighted by atomic mass is 79.9. The van der Waals surface area contributed by atoms with Crippen molar-refractivity contribution in [1.29, 1.82) is 0 Å². The second kappa shape index (κ2) is 4.83. The van der Waals surface area contributed by atoms with Gasteiger partial charge in [-0.1, -0.05) is 15.9 Å². The van der Waals surface area contributed by atoms with Gasteiger partial charge in [0.2, 0.25) is 0 Å². The highest BCUT2D eigenvalue weighted by Gasteiger charge is 2.35. The summed E-state index contributed by atoms with van der Waals surface area (Å²) in [5.41, 5.74) is 2.51. The number of hydrogen-bond acceptors (Lipinski definition) is 3. The largest absolute Gasteiger partial charge is 0.493 e. The van der Waals surface area contributed by atoms with Crippen LogP contribution in [-0.4, -0.2) is 31.4 Å². The molecule has 3 rings (SSSR count). The molecule has 3 nitrogen and oxygen atoms in total. The van der Waals surface area contributed by atoms with E-state index in [0.717, 1.165) is 49.2 Å². The molecule has 0 aliphatic carbocycles. The zero-order valence-electron chi connectivity index (χ0n) is 10.3. The lowest BCUT2D eigenvalue weighted by atomic mass is 9.81. The van der Waals surface area contributed by atoms with Crippen LogP contribution in [-0.2, 0) is 12.8 Å². The first-order chi connectivity index (χ1) is 8.72. The molecule has 2 heterocycles. The molecule has 2 N–H and O–H groups in total. The molecule has 1 aromatic carbocycles. The molecule has 2 aliphatic heterocycles. The Morgan fingerprint density at radius 2 is 2.33 bits per heavy atom. The van der Waals surface area contributed by atoms with Crippen LogP contribution in [0.3, 0.4) is 0 Å². The van der Waals surface area contributed by atoms with Gasteiger partial charge in [-0.05, 0) is 42.6 Å². The number of aliphatic hydroxyl groups excluding tert-OH is 1. The van der Waals surface area contributed by atoms with Gasteiger partial charge < -0.3 is 15.2 Å². The fourth-order valence-corrected chi connectivity index (χ4v) is 3.57. The predicted molar refractivity (Wildman–Crippen MR) is 74.1 cm³/mol. The monoisotopic (exact) mass is 311 g/mol. The second-order valence-electron chi connectivity index (χ2n) is 5.41. The van der Waals surface area contributed by atoms with Gasteiger partial charge in [0.05, 0.1) is 13.2 Å². The Kier molecular flexibility index (Phi) is 3.34. The third-order valence-electron chi connectivity index (χ3n) is 4.06. The molecule has 1 atom stereocenters. The van der Waals surface area contributed by atoms with Gasteiger partial charge in [-0.15, -0.1) is 0 Å². The second-order valence-corrected chi connectivity index (χ2v) is 6.33. The van der Waals surface area contributed by atoms with E-state index in [1.807, 2.05) is 0 Å². The van der Waals surface area contributed by atoms with Crippen LogP contribution in [0, 0.1) is 5.41 Å². The molecule has 2 aliphatic rings. The van der Waals surface area contributed by atoms with Crippen molar-refractivity contribution in [2.24, 2.45) is 5.41 Å². The molecule has 0 spiro atoms. The molecule has 18 heavy (non-hydrogen) atoms. The first-order valence-electron chi connectivity index (χ1n) is 6.48. The Bertz CT molecular complexity index is 455. The predicted octanol–water partition coefficient (Wildman–Crippen LogP) is 1.90. The first-order valence-corrected chi connectivity index (χ1v) is 7.27. The van der Waals surface area contributed by atoms with Crippen molar-refractivity contribution >= 4 is 15.9 Å². The Morgan fingerprint density at radius 3 is 3.06 bits per heavy atom. The van der Waals surface area contributed by atoms with Crippen molar-refractivity contribution in [3.8, 4) is 5.75 Å². The van der Waals surface area contributed by atoms with Gasteiger partial charge in [0.15, 0.2) is 0 Å². The summed E-state index contributed by atoms with van der Waals surface area (Å²) in [7, 11) is 0. The Labute approximate surface area is 116 Å². The molecule has 4 heteroatoms. The normalized spacial score (nSPS) is 26.1. The zero-order valence-corrected chi connectivity index (χ0v) is 11.9. The number of aliphatic hydroxyl groups is 1. The average molecular weight is 312 g/mol. The first kappa shape index (κ1) is 12.5. The van der Waals surface area contributed by atoms with Crippen LogP contribution in [0.5, 0.6) is 5.75 Å². The molecule has 0 aromatic heterocycles. The summed E-state index contributed by atoms with van der Waals surface area (Å²) < 4.78 is 6.87. The standard InChI is InChI=1S/C14H18BrNO2/c15-12-5-10-1-4-18-13(10)11(6-12)7-14(9-17)2-3-16-8-14/h5-6,16-17H,1-4,7-9H2. The van der Waals surface area contributed by atoms with Gasteiger partial charge in [-0.3, -0.25) is 0 Å². The molecule has 0 radical (unpaired) electrons. The van der Waals surface area contributed by atoms with Gasteiger partial charge in [0.25, 0.3) is 0 Å². The van der Waals surface area contributed by atoms with Crippen LogP contribution in [0.25, 0.3) is 0 Å². The summed E-state index contributed by atoms with van der Waals surface area (Å²) in [5.74, 6) is 1.05. The summed E-state index contributed by atoms with van der Waals surface area (Å²) in [6, 6.07) is 4.28. The van der Waals surface area contributed by atoms with Gasteiger partial charge in [0.1, 0.15) is 5.75 Å². The molecule has 1 unspecified atom stereocenters. The van der Waals surface area contributed by atoms with Gasteiger partial charge in [0, 0.05) is 22.9 Å². The number of benzene rings is 1. The topological polar surface area (TPSA) is 41.5 Å². The van der Waals surface area contributed by atoms with E-state index in [1.165, 1.54) is 11.1 Å². The number of ether oxygens (including phenoxy) is 1. The number of hydrogen-bond donors (Lipinski definition) is 2. The van der Waals surface area contributed by atoms with Crippen molar-refractivity contribution in [1.82, 2.24) is 5.32 Å². The van der Waals surface area contributed by atoms with Crippen LogP contribution < -0.4 is 10.1 Å². The highest BCUT2D eigenvalue weighted by molar-refractivity contribution is 9.10. The highest BCUT2D eigenvalue weighted by Crippen LogP contribution is 2.38. The average Bonchev–Trinajstić information content (AvgIpc) is 2.98. The quantitative estimate of drug-likeness (QED) is 0.896. The molecule has 1 saturated heterocycles. The summed E-state index contributed by atoms with van der Waals surface area (Å²) in [4.78, 5) is 0. The van der Waals surface area contributed by atoms with E-state index in [-0.39, 0.29) is 12.0 Å². The van der Waals surface area contributed by atoms with Crippen molar-refractivity contribution in [2.75, 3.05) is 26.3 Å². The Hall–Kier alpha value is -0.580. The van der Waals surface area contributed by atoms with Crippen LogP contribution >= 0.6 is 15.9 Å². The number of rotatable bonds is 3. The molecule has 98 valence electrons.